The molecule has 0 aliphatic rings. The number of nitriles is 1. The molecule has 0 amide bonds. The highest BCUT2D eigenvalue weighted by Crippen LogP contribution is 2.34. The summed E-state index contributed by atoms with van der Waals surface area (Å²) in [7, 11) is 0.721. The molecule has 1 atom stereocenters. The van der Waals surface area contributed by atoms with Crippen LogP contribution >= 0.6 is 0 Å². The lowest BCUT2D eigenvalue weighted by atomic mass is 10.1. The van der Waals surface area contributed by atoms with E-state index in [2.05, 4.69) is 40.5 Å². The Labute approximate surface area is 143 Å². The zero-order chi connectivity index (χ0) is 17.4. The Hall–Kier alpha value is -2.59. The summed E-state index contributed by atoms with van der Waals surface area (Å²) in [5, 5.41) is 14.4. The maximum Gasteiger partial charge on any atom is 0.163 e. The minimum Gasteiger partial charge on any atom is -0.344 e. The fourth-order valence-electron chi connectivity index (χ4n) is 2.89. The van der Waals surface area contributed by atoms with E-state index < -0.39 is 11.0 Å². The second kappa shape index (κ2) is 6.13. The molecule has 0 saturated carbocycles. The summed E-state index contributed by atoms with van der Waals surface area (Å²) in [4.78, 5) is 0. The second-order valence-corrected chi connectivity index (χ2v) is 7.09. The lowest BCUT2D eigenvalue weighted by Gasteiger charge is -2.10. The van der Waals surface area contributed by atoms with Gasteiger partial charge in [0.2, 0.25) is 0 Å². The first kappa shape index (κ1) is 16.3. The predicted octanol–water partition coefficient (Wildman–Crippen LogP) is 3.20. The Morgan fingerprint density at radius 1 is 1.33 bits per heavy atom. The molecule has 1 aromatic carbocycles. The highest BCUT2D eigenvalue weighted by Gasteiger charge is 2.16. The number of rotatable bonds is 4. The summed E-state index contributed by atoms with van der Waals surface area (Å²) >= 11 is 0. The zero-order valence-corrected chi connectivity index (χ0v) is 14.9. The lowest BCUT2D eigenvalue weighted by Crippen LogP contribution is -2.02. The van der Waals surface area contributed by atoms with E-state index in [0.29, 0.717) is 5.69 Å². The van der Waals surface area contributed by atoms with Crippen LogP contribution in [0.5, 0.6) is 0 Å². The van der Waals surface area contributed by atoms with Gasteiger partial charge in [-0.25, -0.2) is 4.21 Å². The molecule has 0 aliphatic carbocycles. The molecule has 0 aliphatic heterocycles. The summed E-state index contributed by atoms with van der Waals surface area (Å²) in [5.41, 5.74) is 4.19. The van der Waals surface area contributed by atoms with Crippen molar-refractivity contribution in [2.24, 2.45) is 7.05 Å². The molecule has 24 heavy (non-hydrogen) atoms. The number of hydrogen-bond acceptors (Lipinski definition) is 3. The van der Waals surface area contributed by atoms with E-state index in [1.165, 1.54) is 0 Å². The molecule has 1 N–H and O–H groups in total. The van der Waals surface area contributed by atoms with E-state index >= 15 is 0 Å². The van der Waals surface area contributed by atoms with Gasteiger partial charge in [-0.2, -0.15) is 10.4 Å². The van der Waals surface area contributed by atoms with Gasteiger partial charge in [0.1, 0.15) is 17.1 Å². The van der Waals surface area contributed by atoms with Gasteiger partial charge in [0.05, 0.1) is 11.2 Å². The summed E-state index contributed by atoms with van der Waals surface area (Å²) < 4.78 is 18.3. The van der Waals surface area contributed by atoms with Crippen molar-refractivity contribution in [3.05, 3.63) is 36.2 Å². The van der Waals surface area contributed by atoms with Crippen LogP contribution < -0.4 is 4.72 Å². The van der Waals surface area contributed by atoms with Gasteiger partial charge in [0.25, 0.3) is 0 Å². The predicted molar refractivity (Wildman–Crippen MR) is 96.9 cm³/mol. The summed E-state index contributed by atoms with van der Waals surface area (Å²) in [5.74, 6) is 0. The SMILES string of the molecule is CC(C)n1cc(-c2cc(C#N)nn2C)c2ccc(NS(C)=O)cc21. The molecule has 1 unspecified atom stereocenters. The number of hydrogen-bond donors (Lipinski definition) is 1. The number of fused-ring (bicyclic) bond motifs is 1. The Kier molecular flexibility index (Phi) is 4.16. The standard InChI is InChI=1S/C17H19N5OS/c1-11(2)22-10-15(16-8-13(9-18)19-21(16)3)14-6-5-12(7-17(14)22)20-24(4)23/h5-8,10-11,20H,1-4H3. The number of benzene rings is 1. The van der Waals surface area contributed by atoms with Crippen LogP contribution in [0.25, 0.3) is 22.2 Å². The molecular formula is C17H19N5OS. The Morgan fingerprint density at radius 2 is 2.08 bits per heavy atom. The third kappa shape index (κ3) is 2.81. The molecule has 3 rings (SSSR count). The maximum atomic E-state index is 11.4. The van der Waals surface area contributed by atoms with Crippen molar-refractivity contribution >= 4 is 27.6 Å². The van der Waals surface area contributed by atoms with E-state index in [0.717, 1.165) is 27.8 Å². The molecule has 7 heteroatoms. The summed E-state index contributed by atoms with van der Waals surface area (Å²) in [6, 6.07) is 10.1. The first-order chi connectivity index (χ1) is 11.4. The molecule has 2 aromatic heterocycles. The fourth-order valence-corrected chi connectivity index (χ4v) is 3.34. The van der Waals surface area contributed by atoms with Crippen molar-refractivity contribution in [2.45, 2.75) is 19.9 Å². The van der Waals surface area contributed by atoms with Gasteiger partial charge >= 0.3 is 0 Å². The highest BCUT2D eigenvalue weighted by molar-refractivity contribution is 7.85. The number of anilines is 1. The van der Waals surface area contributed by atoms with E-state index in [4.69, 9.17) is 5.26 Å². The van der Waals surface area contributed by atoms with Crippen molar-refractivity contribution in [3.63, 3.8) is 0 Å². The molecule has 124 valence electrons. The maximum absolute atomic E-state index is 11.4. The van der Waals surface area contributed by atoms with Crippen LogP contribution in [-0.4, -0.2) is 24.8 Å². The van der Waals surface area contributed by atoms with Crippen LogP contribution in [0, 0.1) is 11.3 Å². The molecule has 0 spiro atoms. The van der Waals surface area contributed by atoms with Gasteiger partial charge in [-0.15, -0.1) is 0 Å². The molecule has 0 radical (unpaired) electrons. The van der Waals surface area contributed by atoms with Crippen molar-refractivity contribution < 1.29 is 4.21 Å². The van der Waals surface area contributed by atoms with Crippen molar-refractivity contribution in [1.29, 1.82) is 5.26 Å². The van der Waals surface area contributed by atoms with Crippen molar-refractivity contribution in [2.75, 3.05) is 11.0 Å². The van der Waals surface area contributed by atoms with Crippen molar-refractivity contribution in [3.8, 4) is 17.3 Å². The molecule has 2 heterocycles. The molecule has 0 bridgehead atoms. The Balaban J connectivity index is 2.24. The Bertz CT molecular complexity index is 977. The average molecular weight is 341 g/mol. The second-order valence-electron chi connectivity index (χ2n) is 5.98. The quantitative estimate of drug-likeness (QED) is 0.792. The van der Waals surface area contributed by atoms with Gasteiger partial charge in [0, 0.05) is 48.2 Å². The van der Waals surface area contributed by atoms with Gasteiger partial charge in [-0.1, -0.05) is 6.07 Å². The number of nitrogens with one attached hydrogen (secondary N) is 1. The van der Waals surface area contributed by atoms with Crippen LogP contribution in [0.1, 0.15) is 25.6 Å². The minimum atomic E-state index is -1.12. The molecule has 0 fully saturated rings. The largest absolute Gasteiger partial charge is 0.344 e. The molecular weight excluding hydrogens is 322 g/mol. The van der Waals surface area contributed by atoms with E-state index in [1.54, 1.807) is 17.0 Å². The van der Waals surface area contributed by atoms with Crippen LogP contribution in [0.2, 0.25) is 0 Å². The van der Waals surface area contributed by atoms with E-state index in [9.17, 15) is 4.21 Å². The van der Waals surface area contributed by atoms with Gasteiger partial charge < -0.3 is 9.29 Å². The summed E-state index contributed by atoms with van der Waals surface area (Å²) in [6.45, 7) is 4.23. The number of aromatic nitrogens is 3. The number of nitrogens with zero attached hydrogens (tertiary/aromatic N) is 4. The average Bonchev–Trinajstić information content (AvgIpc) is 3.06. The molecule has 6 nitrogen and oxygen atoms in total. The van der Waals surface area contributed by atoms with Crippen LogP contribution in [0.4, 0.5) is 5.69 Å². The smallest absolute Gasteiger partial charge is 0.163 e. The molecule has 3 aromatic rings. The topological polar surface area (TPSA) is 75.6 Å². The molecule has 0 saturated heterocycles. The van der Waals surface area contributed by atoms with Gasteiger partial charge in [-0.3, -0.25) is 4.68 Å². The van der Waals surface area contributed by atoms with Crippen LogP contribution in [0.3, 0.4) is 0 Å². The third-order valence-electron chi connectivity index (χ3n) is 3.92. The Morgan fingerprint density at radius 3 is 2.67 bits per heavy atom. The fraction of sp³-hybridized carbons (Fsp3) is 0.294. The van der Waals surface area contributed by atoms with E-state index in [-0.39, 0.29) is 6.04 Å². The normalized spacial score (nSPS) is 12.5. The van der Waals surface area contributed by atoms with Gasteiger partial charge in [-0.05, 0) is 26.0 Å². The first-order valence-electron chi connectivity index (χ1n) is 7.60. The monoisotopic (exact) mass is 341 g/mol. The van der Waals surface area contributed by atoms with Gasteiger partial charge in [0.15, 0.2) is 5.69 Å². The zero-order valence-electron chi connectivity index (χ0n) is 14.1. The summed E-state index contributed by atoms with van der Waals surface area (Å²) in [6.07, 6.45) is 3.69. The highest BCUT2D eigenvalue weighted by atomic mass is 32.2. The third-order valence-corrected chi connectivity index (χ3v) is 4.45. The lowest BCUT2D eigenvalue weighted by molar-refractivity contribution is 0.623. The van der Waals surface area contributed by atoms with Crippen molar-refractivity contribution in [1.82, 2.24) is 14.3 Å². The van der Waals surface area contributed by atoms with Crippen LogP contribution in [0.15, 0.2) is 30.5 Å². The van der Waals surface area contributed by atoms with Crippen LogP contribution in [-0.2, 0) is 18.0 Å². The minimum absolute atomic E-state index is 0.271. The van der Waals surface area contributed by atoms with E-state index in [1.807, 2.05) is 25.2 Å². The first-order valence-corrected chi connectivity index (χ1v) is 9.15. The number of aryl methyl sites for hydroxylation is 1.